The zero-order valence-electron chi connectivity index (χ0n) is 16.3. The lowest BCUT2D eigenvalue weighted by Gasteiger charge is -2.30. The highest BCUT2D eigenvalue weighted by Crippen LogP contribution is 2.24. The predicted octanol–water partition coefficient (Wildman–Crippen LogP) is 2.24. The number of carbonyl (C=O) groups excluding carboxylic acids is 2. The van der Waals surface area contributed by atoms with Crippen LogP contribution in [-0.2, 0) is 30.6 Å². The number of carbonyl (C=O) groups is 2. The molecule has 0 atom stereocenters. The van der Waals surface area contributed by atoms with Crippen LogP contribution < -0.4 is 5.32 Å². The molecule has 8 nitrogen and oxygen atoms in total. The number of amides is 1. The number of sulfone groups is 1. The first kappa shape index (κ1) is 21.3. The maximum atomic E-state index is 12.5. The number of rotatable bonds is 6. The molecule has 0 bridgehead atoms. The summed E-state index contributed by atoms with van der Waals surface area (Å²) in [5.74, 6) is -0.354. The van der Waals surface area contributed by atoms with Gasteiger partial charge in [-0.25, -0.2) is 13.4 Å². The summed E-state index contributed by atoms with van der Waals surface area (Å²) in [6, 6.07) is 6.42. The lowest BCUT2D eigenvalue weighted by atomic mass is 9.97. The lowest BCUT2D eigenvalue weighted by molar-refractivity contribution is -0.148. The van der Waals surface area contributed by atoms with Gasteiger partial charge in [0.25, 0.3) is 0 Å². The van der Waals surface area contributed by atoms with Crippen molar-refractivity contribution in [3.63, 3.8) is 0 Å². The molecule has 1 aromatic carbocycles. The molecule has 2 heterocycles. The number of methoxy groups -OCH3 is 1. The summed E-state index contributed by atoms with van der Waals surface area (Å²) < 4.78 is 27.8. The van der Waals surface area contributed by atoms with Crippen LogP contribution in [0.1, 0.15) is 18.5 Å². The average Bonchev–Trinajstić information content (AvgIpc) is 3.14. The van der Waals surface area contributed by atoms with E-state index in [0.717, 1.165) is 11.9 Å². The van der Waals surface area contributed by atoms with E-state index in [-0.39, 0.29) is 29.1 Å². The molecule has 10 heteroatoms. The molecule has 1 aromatic heterocycles. The van der Waals surface area contributed by atoms with E-state index in [2.05, 4.69) is 10.3 Å². The van der Waals surface area contributed by atoms with Crippen molar-refractivity contribution in [2.45, 2.75) is 24.2 Å². The monoisotopic (exact) mass is 437 g/mol. The number of nitrogens with one attached hydrogen (secondary N) is 1. The molecule has 156 valence electrons. The Kier molecular flexibility index (Phi) is 6.53. The van der Waals surface area contributed by atoms with Crippen LogP contribution in [0.25, 0.3) is 0 Å². The molecule has 1 saturated heterocycles. The Morgan fingerprint density at radius 1 is 1.24 bits per heavy atom. The second-order valence-electron chi connectivity index (χ2n) is 6.92. The third-order valence-corrected chi connectivity index (χ3v) is 6.74. The van der Waals surface area contributed by atoms with Crippen LogP contribution in [-0.4, -0.2) is 56.6 Å². The molecule has 1 N–H and O–H groups in total. The Bertz CT molecular complexity index is 978. The zero-order chi connectivity index (χ0) is 21.0. The second-order valence-corrected chi connectivity index (χ2v) is 9.79. The molecular formula is C19H23N3O5S2. The highest BCUT2D eigenvalue weighted by Gasteiger charge is 2.28. The fourth-order valence-electron chi connectivity index (χ4n) is 3.15. The van der Waals surface area contributed by atoms with Gasteiger partial charge < -0.3 is 15.0 Å². The van der Waals surface area contributed by atoms with Crippen molar-refractivity contribution in [3.05, 3.63) is 35.3 Å². The van der Waals surface area contributed by atoms with Crippen LogP contribution in [0.5, 0.6) is 0 Å². The quantitative estimate of drug-likeness (QED) is 0.691. The van der Waals surface area contributed by atoms with Gasteiger partial charge in [-0.15, -0.1) is 11.3 Å². The van der Waals surface area contributed by atoms with Gasteiger partial charge >= 0.3 is 5.97 Å². The Hall–Kier alpha value is -2.46. The van der Waals surface area contributed by atoms with E-state index in [1.807, 2.05) is 5.38 Å². The standard InChI is InChI=1S/C19H23N3O5S2/c1-27-18(24)13-7-9-22(10-8-13)17(23)11-15-12-28-19(21-15)20-14-3-5-16(6-4-14)29(2,25)26/h3-6,12-13H,7-11H2,1-2H3,(H,20,21). The Morgan fingerprint density at radius 3 is 2.48 bits per heavy atom. The molecular weight excluding hydrogens is 414 g/mol. The maximum absolute atomic E-state index is 12.5. The van der Waals surface area contributed by atoms with E-state index in [9.17, 15) is 18.0 Å². The molecule has 3 rings (SSSR count). The normalized spacial score (nSPS) is 15.2. The van der Waals surface area contributed by atoms with Gasteiger partial charge in [0.05, 0.1) is 30.0 Å². The van der Waals surface area contributed by atoms with Crippen LogP contribution >= 0.6 is 11.3 Å². The molecule has 1 amide bonds. The fourth-order valence-corrected chi connectivity index (χ4v) is 4.51. The lowest BCUT2D eigenvalue weighted by Crippen LogP contribution is -2.41. The summed E-state index contributed by atoms with van der Waals surface area (Å²) in [5.41, 5.74) is 1.39. The van der Waals surface area contributed by atoms with Gasteiger partial charge in [0.15, 0.2) is 15.0 Å². The number of benzene rings is 1. The highest BCUT2D eigenvalue weighted by atomic mass is 32.2. The smallest absolute Gasteiger partial charge is 0.308 e. The highest BCUT2D eigenvalue weighted by molar-refractivity contribution is 7.90. The number of nitrogens with zero attached hydrogens (tertiary/aromatic N) is 2. The molecule has 1 aliphatic heterocycles. The number of anilines is 2. The van der Waals surface area contributed by atoms with Crippen molar-refractivity contribution in [1.82, 2.24) is 9.88 Å². The van der Waals surface area contributed by atoms with Gasteiger partial charge in [-0.1, -0.05) is 0 Å². The first-order valence-electron chi connectivity index (χ1n) is 9.13. The van der Waals surface area contributed by atoms with Crippen LogP contribution in [0.3, 0.4) is 0 Å². The van der Waals surface area contributed by atoms with Crippen molar-refractivity contribution in [2.75, 3.05) is 31.8 Å². The number of piperidine rings is 1. The van der Waals surface area contributed by atoms with Gasteiger partial charge in [-0.2, -0.15) is 0 Å². The van der Waals surface area contributed by atoms with Gasteiger partial charge in [0.2, 0.25) is 5.91 Å². The van der Waals surface area contributed by atoms with Crippen LogP contribution in [0.15, 0.2) is 34.5 Å². The number of hydrogen-bond donors (Lipinski definition) is 1. The summed E-state index contributed by atoms with van der Waals surface area (Å²) >= 11 is 1.38. The Morgan fingerprint density at radius 2 is 1.90 bits per heavy atom. The summed E-state index contributed by atoms with van der Waals surface area (Å²) in [5, 5.41) is 5.57. The second kappa shape index (κ2) is 8.91. The third-order valence-electron chi connectivity index (χ3n) is 4.80. The fraction of sp³-hybridized carbons (Fsp3) is 0.421. The number of likely N-dealkylation sites (tertiary alicyclic amines) is 1. The molecule has 0 saturated carbocycles. The number of esters is 1. The van der Waals surface area contributed by atoms with Crippen molar-refractivity contribution >= 4 is 43.9 Å². The first-order chi connectivity index (χ1) is 13.8. The van der Waals surface area contributed by atoms with E-state index < -0.39 is 9.84 Å². The van der Waals surface area contributed by atoms with E-state index in [4.69, 9.17) is 4.74 Å². The number of hydrogen-bond acceptors (Lipinski definition) is 8. The maximum Gasteiger partial charge on any atom is 0.308 e. The first-order valence-corrected chi connectivity index (χ1v) is 11.9. The topological polar surface area (TPSA) is 106 Å². The van der Waals surface area contributed by atoms with E-state index in [1.165, 1.54) is 30.6 Å². The van der Waals surface area contributed by atoms with E-state index in [0.29, 0.717) is 36.8 Å². The molecule has 0 radical (unpaired) electrons. The molecule has 1 fully saturated rings. The summed E-state index contributed by atoms with van der Waals surface area (Å²) in [6.07, 6.45) is 2.60. The SMILES string of the molecule is COC(=O)C1CCN(C(=O)Cc2csc(Nc3ccc(S(C)(=O)=O)cc3)n2)CC1. The summed E-state index contributed by atoms with van der Waals surface area (Å²) in [6.45, 7) is 1.08. The number of aromatic nitrogens is 1. The van der Waals surface area contributed by atoms with E-state index >= 15 is 0 Å². The minimum Gasteiger partial charge on any atom is -0.469 e. The van der Waals surface area contributed by atoms with E-state index in [1.54, 1.807) is 17.0 Å². The summed E-state index contributed by atoms with van der Waals surface area (Å²) in [4.78, 5) is 30.5. The molecule has 0 aliphatic carbocycles. The average molecular weight is 438 g/mol. The molecule has 2 aromatic rings. The van der Waals surface area contributed by atoms with Crippen LogP contribution in [0.4, 0.5) is 10.8 Å². The molecule has 0 spiro atoms. The van der Waals surface area contributed by atoms with Crippen LogP contribution in [0.2, 0.25) is 0 Å². The third kappa shape index (κ3) is 5.54. The zero-order valence-corrected chi connectivity index (χ0v) is 17.9. The Labute approximate surface area is 173 Å². The molecule has 1 aliphatic rings. The van der Waals surface area contributed by atoms with Gasteiger partial charge in [0.1, 0.15) is 0 Å². The predicted molar refractivity (Wildman–Crippen MR) is 110 cm³/mol. The van der Waals surface area contributed by atoms with Gasteiger partial charge in [-0.05, 0) is 37.1 Å². The van der Waals surface area contributed by atoms with Crippen molar-refractivity contribution in [2.24, 2.45) is 5.92 Å². The minimum atomic E-state index is -3.23. The van der Waals surface area contributed by atoms with Crippen molar-refractivity contribution < 1.29 is 22.7 Å². The van der Waals surface area contributed by atoms with Crippen LogP contribution in [0, 0.1) is 5.92 Å². The number of thiazole rings is 1. The van der Waals surface area contributed by atoms with Gasteiger partial charge in [0, 0.05) is 30.4 Å². The van der Waals surface area contributed by atoms with Crippen molar-refractivity contribution in [3.8, 4) is 0 Å². The van der Waals surface area contributed by atoms with Crippen molar-refractivity contribution in [1.29, 1.82) is 0 Å². The summed E-state index contributed by atoms with van der Waals surface area (Å²) in [7, 11) is -1.85. The Balaban J connectivity index is 1.54. The molecule has 29 heavy (non-hydrogen) atoms. The molecule has 0 unspecified atom stereocenters. The number of ether oxygens (including phenoxy) is 1. The van der Waals surface area contributed by atoms with Gasteiger partial charge in [-0.3, -0.25) is 9.59 Å². The minimum absolute atomic E-state index is 0.0114. The largest absolute Gasteiger partial charge is 0.469 e.